The Hall–Kier alpha value is -2.09. The van der Waals surface area contributed by atoms with Gasteiger partial charge in [0.05, 0.1) is 10.6 Å². The fraction of sp³-hybridized carbons (Fsp3) is 0.381. The number of aliphatic carboxylic acids is 1. The molecular weight excluding hydrogens is 412 g/mol. The van der Waals surface area contributed by atoms with Gasteiger partial charge in [-0.2, -0.15) is 0 Å². The van der Waals surface area contributed by atoms with Gasteiger partial charge < -0.3 is 5.11 Å². The largest absolute Gasteiger partial charge is 0.481 e. The third-order valence-corrected chi connectivity index (χ3v) is 6.64. The van der Waals surface area contributed by atoms with Crippen molar-refractivity contribution in [1.82, 2.24) is 4.90 Å². The van der Waals surface area contributed by atoms with Gasteiger partial charge in [0.2, 0.25) is 0 Å². The third-order valence-electron chi connectivity index (χ3n) is 5.02. The molecule has 0 aliphatic carbocycles. The highest BCUT2D eigenvalue weighted by molar-refractivity contribution is 7.92. The molecule has 0 aromatic heterocycles. The van der Waals surface area contributed by atoms with Crippen LogP contribution in [0.2, 0.25) is 5.02 Å². The number of carbonyl (C=O) groups is 1. The summed E-state index contributed by atoms with van der Waals surface area (Å²) in [4.78, 5) is 13.1. The van der Waals surface area contributed by atoms with Gasteiger partial charge in [0, 0.05) is 24.5 Å². The second kappa shape index (κ2) is 9.61. The summed E-state index contributed by atoms with van der Waals surface area (Å²) >= 11 is 5.94. The Balaban J connectivity index is 1.63. The van der Waals surface area contributed by atoms with E-state index >= 15 is 0 Å². The average molecular weight is 437 g/mol. The van der Waals surface area contributed by atoms with Crippen molar-refractivity contribution in [2.45, 2.75) is 43.5 Å². The minimum absolute atomic E-state index is 0.212. The van der Waals surface area contributed by atoms with E-state index in [0.717, 1.165) is 37.9 Å². The number of hydrogen-bond acceptors (Lipinski definition) is 4. The van der Waals surface area contributed by atoms with Gasteiger partial charge in [0.1, 0.15) is 0 Å². The Morgan fingerprint density at radius 2 is 1.93 bits per heavy atom. The minimum atomic E-state index is -3.70. The molecule has 0 radical (unpaired) electrons. The van der Waals surface area contributed by atoms with Crippen LogP contribution in [0.1, 0.15) is 36.8 Å². The van der Waals surface area contributed by atoms with Crippen LogP contribution in [0.3, 0.4) is 0 Å². The Kier molecular flexibility index (Phi) is 7.16. The van der Waals surface area contributed by atoms with Crippen molar-refractivity contribution in [2.75, 3.05) is 17.8 Å². The van der Waals surface area contributed by atoms with E-state index in [9.17, 15) is 13.2 Å². The lowest BCUT2D eigenvalue weighted by atomic mass is 9.99. The lowest BCUT2D eigenvalue weighted by molar-refractivity contribution is -0.137. The van der Waals surface area contributed by atoms with E-state index in [1.54, 1.807) is 36.4 Å². The molecule has 8 heteroatoms. The Morgan fingerprint density at radius 1 is 1.10 bits per heavy atom. The van der Waals surface area contributed by atoms with Gasteiger partial charge in [-0.3, -0.25) is 14.4 Å². The molecule has 0 fully saturated rings. The van der Waals surface area contributed by atoms with Crippen molar-refractivity contribution in [3.63, 3.8) is 0 Å². The van der Waals surface area contributed by atoms with Crippen LogP contribution in [0.15, 0.2) is 47.4 Å². The number of anilines is 1. The van der Waals surface area contributed by atoms with Crippen LogP contribution in [-0.2, 0) is 27.8 Å². The highest BCUT2D eigenvalue weighted by atomic mass is 35.5. The van der Waals surface area contributed by atoms with Gasteiger partial charge in [0.15, 0.2) is 0 Å². The molecular formula is C21H25ClN2O4S. The molecule has 156 valence electrons. The summed E-state index contributed by atoms with van der Waals surface area (Å²) in [5.74, 6) is -0.753. The minimum Gasteiger partial charge on any atom is -0.481 e. The standard InChI is InChI=1S/C21H25ClN2O4S/c22-18-5-4-6-19(14-18)23-29(27,28)20-9-8-16-10-12-24(15-17(16)13-20)11-3-1-2-7-21(25)26/h4-6,8-9,13-14,23H,1-3,7,10-12,15H2,(H,25,26). The molecule has 0 saturated carbocycles. The molecule has 1 aliphatic heterocycles. The van der Waals surface area contributed by atoms with Crippen LogP contribution in [0.4, 0.5) is 5.69 Å². The molecule has 2 aromatic carbocycles. The molecule has 1 aliphatic rings. The number of sulfonamides is 1. The zero-order valence-electron chi connectivity index (χ0n) is 16.1. The predicted octanol–water partition coefficient (Wildman–Crippen LogP) is 4.14. The van der Waals surface area contributed by atoms with E-state index in [4.69, 9.17) is 16.7 Å². The van der Waals surface area contributed by atoms with Crippen LogP contribution < -0.4 is 4.72 Å². The molecule has 29 heavy (non-hydrogen) atoms. The van der Waals surface area contributed by atoms with E-state index in [1.807, 2.05) is 6.07 Å². The third kappa shape index (κ3) is 6.19. The highest BCUT2D eigenvalue weighted by Gasteiger charge is 2.20. The van der Waals surface area contributed by atoms with Crippen LogP contribution in [-0.4, -0.2) is 37.5 Å². The Labute approximate surface area is 176 Å². The summed E-state index contributed by atoms with van der Waals surface area (Å²) < 4.78 is 28.1. The summed E-state index contributed by atoms with van der Waals surface area (Å²) in [7, 11) is -3.70. The zero-order chi connectivity index (χ0) is 20.9. The van der Waals surface area contributed by atoms with Gasteiger partial charge in [-0.15, -0.1) is 0 Å². The van der Waals surface area contributed by atoms with Gasteiger partial charge in [-0.1, -0.05) is 30.2 Å². The van der Waals surface area contributed by atoms with Crippen LogP contribution in [0.5, 0.6) is 0 Å². The fourth-order valence-electron chi connectivity index (χ4n) is 3.50. The molecule has 0 saturated heterocycles. The van der Waals surface area contributed by atoms with Gasteiger partial charge in [0.25, 0.3) is 10.0 Å². The maximum atomic E-state index is 12.8. The first kappa shape index (κ1) is 21.6. The number of nitrogens with zero attached hydrogens (tertiary/aromatic N) is 1. The lowest BCUT2D eigenvalue weighted by Crippen LogP contribution is -2.31. The first-order valence-electron chi connectivity index (χ1n) is 9.68. The van der Waals surface area contributed by atoms with E-state index in [0.29, 0.717) is 23.7 Å². The number of unbranched alkanes of at least 4 members (excludes halogenated alkanes) is 2. The second-order valence-electron chi connectivity index (χ2n) is 7.28. The average Bonchev–Trinajstić information content (AvgIpc) is 2.66. The van der Waals surface area contributed by atoms with Crippen molar-refractivity contribution in [3.8, 4) is 0 Å². The number of benzene rings is 2. The highest BCUT2D eigenvalue weighted by Crippen LogP contribution is 2.25. The quantitative estimate of drug-likeness (QED) is 0.577. The van der Waals surface area contributed by atoms with Crippen molar-refractivity contribution >= 4 is 33.3 Å². The Morgan fingerprint density at radius 3 is 2.69 bits per heavy atom. The molecule has 2 aromatic rings. The predicted molar refractivity (Wildman–Crippen MR) is 114 cm³/mol. The van der Waals surface area contributed by atoms with E-state index in [2.05, 4.69) is 9.62 Å². The number of carboxylic acids is 1. The molecule has 0 unspecified atom stereocenters. The second-order valence-corrected chi connectivity index (χ2v) is 9.40. The maximum absolute atomic E-state index is 12.8. The number of fused-ring (bicyclic) bond motifs is 1. The van der Waals surface area contributed by atoms with Gasteiger partial charge >= 0.3 is 5.97 Å². The molecule has 6 nitrogen and oxygen atoms in total. The van der Waals surface area contributed by atoms with Crippen LogP contribution >= 0.6 is 11.6 Å². The molecule has 3 rings (SSSR count). The van der Waals surface area contributed by atoms with Gasteiger partial charge in [-0.25, -0.2) is 8.42 Å². The summed E-state index contributed by atoms with van der Waals surface area (Å²) in [5.41, 5.74) is 2.63. The Bertz CT molecular complexity index is 978. The van der Waals surface area contributed by atoms with E-state index < -0.39 is 16.0 Å². The molecule has 0 spiro atoms. The molecule has 0 atom stereocenters. The van der Waals surface area contributed by atoms with E-state index in [-0.39, 0.29) is 11.3 Å². The summed E-state index contributed by atoms with van der Waals surface area (Å²) in [6.45, 7) is 2.52. The van der Waals surface area contributed by atoms with Crippen LogP contribution in [0, 0.1) is 0 Å². The number of hydrogen-bond donors (Lipinski definition) is 2. The zero-order valence-corrected chi connectivity index (χ0v) is 17.7. The van der Waals surface area contributed by atoms with Crippen molar-refractivity contribution in [2.24, 2.45) is 0 Å². The molecule has 0 bridgehead atoms. The van der Waals surface area contributed by atoms with Crippen molar-refractivity contribution < 1.29 is 18.3 Å². The number of nitrogens with one attached hydrogen (secondary N) is 1. The summed E-state index contributed by atoms with van der Waals surface area (Å²) in [6, 6.07) is 11.9. The maximum Gasteiger partial charge on any atom is 0.303 e. The summed E-state index contributed by atoms with van der Waals surface area (Å²) in [5, 5.41) is 9.17. The number of rotatable bonds is 9. The molecule has 2 N–H and O–H groups in total. The molecule has 0 amide bonds. The summed E-state index contributed by atoms with van der Waals surface area (Å²) in [6.07, 6.45) is 3.61. The van der Waals surface area contributed by atoms with E-state index in [1.165, 1.54) is 5.56 Å². The monoisotopic (exact) mass is 436 g/mol. The van der Waals surface area contributed by atoms with Gasteiger partial charge in [-0.05, 0) is 67.3 Å². The SMILES string of the molecule is O=C(O)CCCCCN1CCc2ccc(S(=O)(=O)Nc3cccc(Cl)c3)cc2C1. The first-order valence-corrected chi connectivity index (χ1v) is 11.5. The van der Waals surface area contributed by atoms with Crippen LogP contribution in [0.25, 0.3) is 0 Å². The molecule has 1 heterocycles. The number of carboxylic acid groups (broad SMARTS) is 1. The smallest absolute Gasteiger partial charge is 0.303 e. The fourth-order valence-corrected chi connectivity index (χ4v) is 4.79. The lowest BCUT2D eigenvalue weighted by Gasteiger charge is -2.29. The first-order chi connectivity index (χ1) is 13.8. The number of halogens is 1. The van der Waals surface area contributed by atoms with Crippen molar-refractivity contribution in [3.05, 3.63) is 58.6 Å². The van der Waals surface area contributed by atoms with Crippen molar-refractivity contribution in [1.29, 1.82) is 0 Å². The topological polar surface area (TPSA) is 86.7 Å². The normalized spacial score (nSPS) is 14.4.